The number of benzene rings is 1. The Morgan fingerprint density at radius 1 is 1.17 bits per heavy atom. The van der Waals surface area contributed by atoms with Gasteiger partial charge in [-0.2, -0.15) is 0 Å². The molecule has 0 saturated heterocycles. The summed E-state index contributed by atoms with van der Waals surface area (Å²) in [6.07, 6.45) is 1.46. The van der Waals surface area contributed by atoms with E-state index in [0.717, 1.165) is 6.08 Å². The summed E-state index contributed by atoms with van der Waals surface area (Å²) >= 11 is 3.11. The highest BCUT2D eigenvalue weighted by Crippen LogP contribution is 2.21. The lowest BCUT2D eigenvalue weighted by Crippen LogP contribution is -2.12. The molecule has 0 bridgehead atoms. The largest absolute Gasteiger partial charge is 0.478 e. The molecule has 0 aromatic heterocycles. The van der Waals surface area contributed by atoms with Gasteiger partial charge < -0.3 is 15.5 Å². The first-order chi connectivity index (χ1) is 8.40. The molecule has 7 heteroatoms. The number of hydrogen-bond donors (Lipinski definition) is 3. The lowest BCUT2D eigenvalue weighted by Gasteiger charge is -2.06. The number of anilines is 1. The van der Waals surface area contributed by atoms with Gasteiger partial charge in [-0.15, -0.1) is 0 Å². The number of aliphatic carboxylic acids is 1. The molecule has 0 aliphatic carbocycles. The minimum absolute atomic E-state index is 0.0886. The molecule has 1 rings (SSSR count). The zero-order chi connectivity index (χ0) is 13.7. The Bertz CT molecular complexity index is 538. The topological polar surface area (TPSA) is 104 Å². The highest BCUT2D eigenvalue weighted by Gasteiger charge is 2.11. The van der Waals surface area contributed by atoms with Gasteiger partial charge in [-0.1, -0.05) is 15.9 Å². The van der Waals surface area contributed by atoms with Crippen molar-refractivity contribution in [1.82, 2.24) is 0 Å². The fraction of sp³-hybridized carbons (Fsp3) is 0. The van der Waals surface area contributed by atoms with Crippen LogP contribution in [-0.2, 0) is 9.59 Å². The third-order valence-electron chi connectivity index (χ3n) is 1.85. The van der Waals surface area contributed by atoms with Gasteiger partial charge in [0.25, 0.3) is 0 Å². The Labute approximate surface area is 110 Å². The summed E-state index contributed by atoms with van der Waals surface area (Å²) in [5.41, 5.74) is -0.00723. The number of hydrogen-bond acceptors (Lipinski definition) is 3. The number of carboxylic acid groups (broad SMARTS) is 2. The highest BCUT2D eigenvalue weighted by atomic mass is 79.9. The number of nitrogens with one attached hydrogen (secondary N) is 1. The molecule has 1 aromatic carbocycles. The van der Waals surface area contributed by atoms with Crippen molar-refractivity contribution in [2.75, 3.05) is 5.32 Å². The van der Waals surface area contributed by atoms with E-state index in [1.807, 2.05) is 0 Å². The van der Waals surface area contributed by atoms with E-state index in [9.17, 15) is 14.4 Å². The summed E-state index contributed by atoms with van der Waals surface area (Å²) in [5.74, 6) is -3.18. The smallest absolute Gasteiger partial charge is 0.337 e. The molecule has 0 aliphatic rings. The molecule has 0 radical (unpaired) electrons. The average Bonchev–Trinajstić information content (AvgIpc) is 2.28. The Morgan fingerprint density at radius 3 is 2.39 bits per heavy atom. The molecular formula is C11H8BrNO5. The minimum Gasteiger partial charge on any atom is -0.478 e. The van der Waals surface area contributed by atoms with Crippen LogP contribution in [0.5, 0.6) is 0 Å². The Hall–Kier alpha value is -2.15. The van der Waals surface area contributed by atoms with Gasteiger partial charge >= 0.3 is 11.9 Å². The van der Waals surface area contributed by atoms with Crippen molar-refractivity contribution in [3.8, 4) is 0 Å². The SMILES string of the molecule is O=C(O)C=CC(=O)Nc1ccc(Br)cc1C(=O)O. The van der Waals surface area contributed by atoms with Crippen LogP contribution >= 0.6 is 15.9 Å². The molecule has 0 unspecified atom stereocenters. The Kier molecular flexibility index (Phi) is 4.61. The molecule has 1 amide bonds. The number of amides is 1. The zero-order valence-corrected chi connectivity index (χ0v) is 10.5. The summed E-state index contributed by atoms with van der Waals surface area (Å²) in [5, 5.41) is 19.6. The van der Waals surface area contributed by atoms with E-state index in [-0.39, 0.29) is 11.3 Å². The van der Waals surface area contributed by atoms with E-state index in [4.69, 9.17) is 10.2 Å². The lowest BCUT2D eigenvalue weighted by molar-refractivity contribution is -0.131. The molecule has 0 atom stereocenters. The molecule has 0 saturated carbocycles. The molecule has 1 aromatic rings. The van der Waals surface area contributed by atoms with E-state index in [0.29, 0.717) is 10.5 Å². The van der Waals surface area contributed by atoms with Crippen LogP contribution in [0.15, 0.2) is 34.8 Å². The summed E-state index contributed by atoms with van der Waals surface area (Å²) in [6, 6.07) is 4.29. The quantitative estimate of drug-likeness (QED) is 0.734. The first-order valence-electron chi connectivity index (χ1n) is 4.65. The Balaban J connectivity index is 2.94. The van der Waals surface area contributed by atoms with Crippen LogP contribution in [0.3, 0.4) is 0 Å². The normalized spacial score (nSPS) is 10.3. The van der Waals surface area contributed by atoms with Crippen LogP contribution in [0.2, 0.25) is 0 Å². The molecule has 0 heterocycles. The molecule has 6 nitrogen and oxygen atoms in total. The fourth-order valence-corrected chi connectivity index (χ4v) is 1.48. The van der Waals surface area contributed by atoms with Crippen molar-refractivity contribution in [2.45, 2.75) is 0 Å². The van der Waals surface area contributed by atoms with Gasteiger partial charge in [0.2, 0.25) is 5.91 Å². The second-order valence-corrected chi connectivity index (χ2v) is 4.07. The number of carbonyl (C=O) groups excluding carboxylic acids is 1. The van der Waals surface area contributed by atoms with E-state index >= 15 is 0 Å². The molecule has 0 spiro atoms. The molecular weight excluding hydrogens is 306 g/mol. The number of rotatable bonds is 4. The van der Waals surface area contributed by atoms with Crippen LogP contribution in [0.1, 0.15) is 10.4 Å². The van der Waals surface area contributed by atoms with Gasteiger partial charge in [0.15, 0.2) is 0 Å². The van der Waals surface area contributed by atoms with Gasteiger partial charge in [0, 0.05) is 16.6 Å². The second-order valence-electron chi connectivity index (χ2n) is 3.16. The molecule has 94 valence electrons. The maximum Gasteiger partial charge on any atom is 0.337 e. The molecule has 18 heavy (non-hydrogen) atoms. The zero-order valence-electron chi connectivity index (χ0n) is 8.88. The van der Waals surface area contributed by atoms with Crippen molar-refractivity contribution in [1.29, 1.82) is 0 Å². The third kappa shape index (κ3) is 4.02. The van der Waals surface area contributed by atoms with Crippen LogP contribution < -0.4 is 5.32 Å². The average molecular weight is 314 g/mol. The van der Waals surface area contributed by atoms with Gasteiger partial charge in [0.1, 0.15) is 0 Å². The first-order valence-corrected chi connectivity index (χ1v) is 5.44. The van der Waals surface area contributed by atoms with Gasteiger partial charge in [-0.3, -0.25) is 4.79 Å². The van der Waals surface area contributed by atoms with Gasteiger partial charge in [-0.05, 0) is 18.2 Å². The van der Waals surface area contributed by atoms with Crippen molar-refractivity contribution in [3.05, 3.63) is 40.4 Å². The van der Waals surface area contributed by atoms with Crippen molar-refractivity contribution >= 4 is 39.5 Å². The summed E-state index contributed by atoms with van der Waals surface area (Å²) in [4.78, 5) is 32.5. The summed E-state index contributed by atoms with van der Waals surface area (Å²) in [7, 11) is 0. The van der Waals surface area contributed by atoms with Crippen LogP contribution in [-0.4, -0.2) is 28.1 Å². The fourth-order valence-electron chi connectivity index (χ4n) is 1.12. The molecule has 0 aliphatic heterocycles. The minimum atomic E-state index is -1.26. The maximum atomic E-state index is 11.3. The molecule has 3 N–H and O–H groups in total. The number of carbonyl (C=O) groups is 3. The van der Waals surface area contributed by atoms with Crippen molar-refractivity contribution in [3.63, 3.8) is 0 Å². The Morgan fingerprint density at radius 2 is 1.83 bits per heavy atom. The monoisotopic (exact) mass is 313 g/mol. The molecule has 0 fully saturated rings. The van der Waals surface area contributed by atoms with E-state index in [1.165, 1.54) is 12.1 Å². The summed E-state index contributed by atoms with van der Waals surface area (Å²) < 4.78 is 0.555. The van der Waals surface area contributed by atoms with Crippen LogP contribution in [0.4, 0.5) is 5.69 Å². The second kappa shape index (κ2) is 5.97. The van der Waals surface area contributed by atoms with Gasteiger partial charge in [-0.25, -0.2) is 9.59 Å². The predicted octanol–water partition coefficient (Wildman–Crippen LogP) is 1.73. The van der Waals surface area contributed by atoms with Crippen molar-refractivity contribution in [2.24, 2.45) is 0 Å². The first kappa shape index (κ1) is 13.9. The van der Waals surface area contributed by atoms with E-state index < -0.39 is 17.8 Å². The van der Waals surface area contributed by atoms with Crippen molar-refractivity contribution < 1.29 is 24.6 Å². The number of halogens is 1. The van der Waals surface area contributed by atoms with Crippen LogP contribution in [0, 0.1) is 0 Å². The van der Waals surface area contributed by atoms with Crippen LogP contribution in [0.25, 0.3) is 0 Å². The number of carboxylic acids is 2. The third-order valence-corrected chi connectivity index (χ3v) is 2.34. The summed E-state index contributed by atoms with van der Waals surface area (Å²) in [6.45, 7) is 0. The van der Waals surface area contributed by atoms with Gasteiger partial charge in [0.05, 0.1) is 11.3 Å². The number of aromatic carboxylic acids is 1. The lowest BCUT2D eigenvalue weighted by atomic mass is 10.2. The van der Waals surface area contributed by atoms with E-state index in [1.54, 1.807) is 6.07 Å². The standard InChI is InChI=1S/C11H8BrNO5/c12-6-1-2-8(7(5-6)11(17)18)13-9(14)3-4-10(15)16/h1-5H,(H,13,14)(H,15,16)(H,17,18). The van der Waals surface area contributed by atoms with E-state index in [2.05, 4.69) is 21.2 Å². The predicted molar refractivity (Wildman–Crippen MR) is 66.5 cm³/mol. The maximum absolute atomic E-state index is 11.3. The highest BCUT2D eigenvalue weighted by molar-refractivity contribution is 9.10.